The molecule has 1 aliphatic rings. The minimum Gasteiger partial charge on any atom is -0.507 e. The van der Waals surface area contributed by atoms with E-state index in [-0.39, 0.29) is 5.75 Å². The van der Waals surface area contributed by atoms with Gasteiger partial charge in [-0.25, -0.2) is 0 Å². The quantitative estimate of drug-likeness (QED) is 0.763. The first-order chi connectivity index (χ1) is 10.2. The maximum Gasteiger partial charge on any atom is 0.123 e. The Bertz CT molecular complexity index is 434. The van der Waals surface area contributed by atoms with Gasteiger partial charge < -0.3 is 19.9 Å². The summed E-state index contributed by atoms with van der Waals surface area (Å²) in [5.41, 5.74) is 0.921. The Morgan fingerprint density at radius 2 is 2.24 bits per heavy atom. The van der Waals surface area contributed by atoms with Crippen LogP contribution in [0.5, 0.6) is 11.5 Å². The van der Waals surface area contributed by atoms with E-state index in [1.54, 1.807) is 20.3 Å². The lowest BCUT2D eigenvalue weighted by molar-refractivity contribution is 0.137. The molecule has 21 heavy (non-hydrogen) atoms. The molecule has 118 valence electrons. The Hall–Kier alpha value is -1.30. The van der Waals surface area contributed by atoms with Crippen molar-refractivity contribution >= 4 is 0 Å². The van der Waals surface area contributed by atoms with Gasteiger partial charge in [0.1, 0.15) is 11.5 Å². The molecule has 0 spiro atoms. The fourth-order valence-corrected chi connectivity index (χ4v) is 2.72. The van der Waals surface area contributed by atoms with Crippen LogP contribution >= 0.6 is 0 Å². The van der Waals surface area contributed by atoms with Gasteiger partial charge in [-0.15, -0.1) is 0 Å². The number of hydrogen-bond donors (Lipinski definition) is 2. The van der Waals surface area contributed by atoms with Gasteiger partial charge in [0, 0.05) is 44.4 Å². The number of phenolic OH excluding ortho intramolecular Hbond substituents is 1. The van der Waals surface area contributed by atoms with Crippen molar-refractivity contribution in [3.8, 4) is 11.5 Å². The first-order valence-corrected chi connectivity index (χ1v) is 7.53. The van der Waals surface area contributed by atoms with E-state index in [1.807, 2.05) is 12.1 Å². The largest absolute Gasteiger partial charge is 0.507 e. The second-order valence-electron chi connectivity index (χ2n) is 5.52. The van der Waals surface area contributed by atoms with Crippen molar-refractivity contribution in [1.82, 2.24) is 10.2 Å². The molecule has 0 aromatic heterocycles. The molecule has 1 unspecified atom stereocenters. The highest BCUT2D eigenvalue weighted by atomic mass is 16.5. The molecule has 1 aromatic carbocycles. The SMILES string of the molecule is COCCN(Cc1ccc(OC)cc1O)CC1CCCN1. The van der Waals surface area contributed by atoms with Crippen molar-refractivity contribution < 1.29 is 14.6 Å². The standard InChI is InChI=1S/C16H26N2O3/c1-20-9-8-18(12-14-4-3-7-17-14)11-13-5-6-15(21-2)10-16(13)19/h5-6,10,14,17,19H,3-4,7-9,11-12H2,1-2H3. The zero-order valence-electron chi connectivity index (χ0n) is 13.0. The van der Waals surface area contributed by atoms with Crippen molar-refractivity contribution in [2.45, 2.75) is 25.4 Å². The molecule has 0 radical (unpaired) electrons. The molecule has 1 fully saturated rings. The van der Waals surface area contributed by atoms with Crippen molar-refractivity contribution in [2.24, 2.45) is 0 Å². The molecule has 2 N–H and O–H groups in total. The first kappa shape index (κ1) is 16.1. The lowest BCUT2D eigenvalue weighted by Gasteiger charge is -2.25. The number of rotatable bonds is 8. The molecule has 2 rings (SSSR count). The highest BCUT2D eigenvalue weighted by Crippen LogP contribution is 2.24. The molecule has 5 heteroatoms. The molecular formula is C16H26N2O3. The summed E-state index contributed by atoms with van der Waals surface area (Å²) >= 11 is 0. The predicted molar refractivity (Wildman–Crippen MR) is 82.8 cm³/mol. The molecule has 1 saturated heterocycles. The second-order valence-corrected chi connectivity index (χ2v) is 5.52. The van der Waals surface area contributed by atoms with E-state index < -0.39 is 0 Å². The fraction of sp³-hybridized carbons (Fsp3) is 0.625. The van der Waals surface area contributed by atoms with Crippen LogP contribution in [0.2, 0.25) is 0 Å². The van der Waals surface area contributed by atoms with Crippen LogP contribution in [0.15, 0.2) is 18.2 Å². The van der Waals surface area contributed by atoms with E-state index in [1.165, 1.54) is 12.8 Å². The summed E-state index contributed by atoms with van der Waals surface area (Å²) in [5.74, 6) is 0.966. The van der Waals surface area contributed by atoms with Crippen LogP contribution in [0.1, 0.15) is 18.4 Å². The summed E-state index contributed by atoms with van der Waals surface area (Å²) in [5, 5.41) is 13.6. The van der Waals surface area contributed by atoms with Crippen LogP contribution in [-0.2, 0) is 11.3 Å². The molecule has 1 atom stereocenters. The summed E-state index contributed by atoms with van der Waals surface area (Å²) in [6, 6.07) is 6.02. The van der Waals surface area contributed by atoms with E-state index in [0.29, 0.717) is 18.4 Å². The van der Waals surface area contributed by atoms with Gasteiger partial charge in [-0.2, -0.15) is 0 Å². The maximum atomic E-state index is 10.1. The number of nitrogens with zero attached hydrogens (tertiary/aromatic N) is 1. The molecule has 0 amide bonds. The third kappa shape index (κ3) is 4.88. The number of nitrogens with one attached hydrogen (secondary N) is 1. The highest BCUT2D eigenvalue weighted by molar-refractivity contribution is 5.39. The lowest BCUT2D eigenvalue weighted by atomic mass is 10.1. The van der Waals surface area contributed by atoms with Crippen LogP contribution in [-0.4, -0.2) is 56.5 Å². The van der Waals surface area contributed by atoms with Gasteiger partial charge >= 0.3 is 0 Å². The first-order valence-electron chi connectivity index (χ1n) is 7.53. The van der Waals surface area contributed by atoms with Gasteiger partial charge in [0.2, 0.25) is 0 Å². The molecule has 0 bridgehead atoms. The van der Waals surface area contributed by atoms with Crippen molar-refractivity contribution in [2.75, 3.05) is 40.5 Å². The Morgan fingerprint density at radius 3 is 2.86 bits per heavy atom. The zero-order valence-corrected chi connectivity index (χ0v) is 13.0. The average molecular weight is 294 g/mol. The Labute approximate surface area is 126 Å². The number of methoxy groups -OCH3 is 2. The van der Waals surface area contributed by atoms with Gasteiger partial charge in [0.25, 0.3) is 0 Å². The molecule has 1 heterocycles. The summed E-state index contributed by atoms with van der Waals surface area (Å²) in [4.78, 5) is 2.33. The zero-order chi connectivity index (χ0) is 15.1. The van der Waals surface area contributed by atoms with Crippen LogP contribution in [0, 0.1) is 0 Å². The number of ether oxygens (including phenoxy) is 2. The third-order valence-corrected chi connectivity index (χ3v) is 3.94. The summed E-state index contributed by atoms with van der Waals surface area (Å²) in [6.45, 7) is 4.37. The minimum atomic E-state index is 0.288. The molecule has 0 aliphatic carbocycles. The van der Waals surface area contributed by atoms with Crippen LogP contribution in [0.3, 0.4) is 0 Å². The summed E-state index contributed by atoms with van der Waals surface area (Å²) in [7, 11) is 3.32. The average Bonchev–Trinajstić information content (AvgIpc) is 2.99. The third-order valence-electron chi connectivity index (χ3n) is 3.94. The summed E-state index contributed by atoms with van der Waals surface area (Å²) in [6.07, 6.45) is 2.47. The van der Waals surface area contributed by atoms with Crippen molar-refractivity contribution in [1.29, 1.82) is 0 Å². The fourth-order valence-electron chi connectivity index (χ4n) is 2.72. The van der Waals surface area contributed by atoms with Gasteiger partial charge in [-0.3, -0.25) is 4.90 Å². The topological polar surface area (TPSA) is 54.0 Å². The number of phenols is 1. The Balaban J connectivity index is 1.99. The van der Waals surface area contributed by atoms with E-state index in [4.69, 9.17) is 9.47 Å². The monoisotopic (exact) mass is 294 g/mol. The van der Waals surface area contributed by atoms with Crippen LogP contribution < -0.4 is 10.1 Å². The minimum absolute atomic E-state index is 0.288. The molecular weight excluding hydrogens is 268 g/mol. The van der Waals surface area contributed by atoms with E-state index in [2.05, 4.69) is 10.2 Å². The highest BCUT2D eigenvalue weighted by Gasteiger charge is 2.18. The predicted octanol–water partition coefficient (Wildman–Crippen LogP) is 1.60. The summed E-state index contributed by atoms with van der Waals surface area (Å²) < 4.78 is 10.3. The molecule has 0 saturated carbocycles. The Kier molecular flexibility index (Phi) is 6.29. The number of aromatic hydroxyl groups is 1. The van der Waals surface area contributed by atoms with Gasteiger partial charge in [0.05, 0.1) is 13.7 Å². The maximum absolute atomic E-state index is 10.1. The lowest BCUT2D eigenvalue weighted by Crippen LogP contribution is -2.38. The second kappa shape index (κ2) is 8.22. The molecule has 5 nitrogen and oxygen atoms in total. The smallest absolute Gasteiger partial charge is 0.123 e. The van der Waals surface area contributed by atoms with Gasteiger partial charge in [-0.1, -0.05) is 6.07 Å². The van der Waals surface area contributed by atoms with Crippen LogP contribution in [0.4, 0.5) is 0 Å². The van der Waals surface area contributed by atoms with Gasteiger partial charge in [0.15, 0.2) is 0 Å². The van der Waals surface area contributed by atoms with Crippen molar-refractivity contribution in [3.63, 3.8) is 0 Å². The normalized spacial score (nSPS) is 18.3. The van der Waals surface area contributed by atoms with Gasteiger partial charge in [-0.05, 0) is 25.5 Å². The van der Waals surface area contributed by atoms with Crippen molar-refractivity contribution in [3.05, 3.63) is 23.8 Å². The van der Waals surface area contributed by atoms with Crippen LogP contribution in [0.25, 0.3) is 0 Å². The molecule has 1 aliphatic heterocycles. The number of hydrogen-bond acceptors (Lipinski definition) is 5. The van der Waals surface area contributed by atoms with E-state index in [0.717, 1.165) is 31.7 Å². The number of benzene rings is 1. The van der Waals surface area contributed by atoms with E-state index >= 15 is 0 Å². The molecule has 1 aromatic rings. The van der Waals surface area contributed by atoms with E-state index in [9.17, 15) is 5.11 Å². The Morgan fingerprint density at radius 1 is 1.38 bits per heavy atom.